The summed E-state index contributed by atoms with van der Waals surface area (Å²) < 4.78 is 74.9. The molecule has 0 aromatic heterocycles. The van der Waals surface area contributed by atoms with E-state index < -0.39 is 33.6 Å². The van der Waals surface area contributed by atoms with Crippen molar-refractivity contribution in [2.45, 2.75) is 17.6 Å². The van der Waals surface area contributed by atoms with Crippen LogP contribution < -0.4 is 0 Å². The average Bonchev–Trinajstić information content (AvgIpc) is 2.85. The summed E-state index contributed by atoms with van der Waals surface area (Å²) in [7, 11) is -3.84. The van der Waals surface area contributed by atoms with Crippen LogP contribution in [0.1, 0.15) is 17.2 Å². The lowest BCUT2D eigenvalue weighted by Crippen LogP contribution is -2.49. The van der Waals surface area contributed by atoms with Crippen LogP contribution in [0.2, 0.25) is 10.0 Å². The molecule has 4 rings (SSSR count). The number of halogens is 5. The lowest BCUT2D eigenvalue weighted by Gasteiger charge is -2.36. The van der Waals surface area contributed by atoms with Gasteiger partial charge in [-0.05, 0) is 48.0 Å². The van der Waals surface area contributed by atoms with Gasteiger partial charge in [-0.2, -0.15) is 4.31 Å². The highest BCUT2D eigenvalue weighted by atomic mass is 35.5. The fraction of sp³-hybridized carbons (Fsp3) is 0.280. The molecule has 0 radical (unpaired) electrons. The number of hydrogen-bond donors (Lipinski definition) is 0. The van der Waals surface area contributed by atoms with Gasteiger partial charge in [0, 0.05) is 43.3 Å². The quantitative estimate of drug-likeness (QED) is 0.357. The lowest BCUT2D eigenvalue weighted by molar-refractivity contribution is 0.00547. The van der Waals surface area contributed by atoms with Crippen molar-refractivity contribution >= 4 is 33.2 Å². The second-order valence-corrected chi connectivity index (χ2v) is 11.1. The van der Waals surface area contributed by atoms with Crippen molar-refractivity contribution < 1.29 is 26.3 Å². The smallest absolute Gasteiger partial charge is 0.243 e. The van der Waals surface area contributed by atoms with Crippen molar-refractivity contribution in [3.8, 4) is 0 Å². The first-order valence-electron chi connectivity index (χ1n) is 11.1. The highest BCUT2D eigenvalue weighted by Gasteiger charge is 2.30. The van der Waals surface area contributed by atoms with E-state index in [-0.39, 0.29) is 35.2 Å². The van der Waals surface area contributed by atoms with Crippen molar-refractivity contribution in [3.05, 3.63) is 99.3 Å². The number of piperazine rings is 1. The molecule has 1 heterocycles. The van der Waals surface area contributed by atoms with Crippen LogP contribution in [-0.2, 0) is 21.4 Å². The van der Waals surface area contributed by atoms with Crippen LogP contribution in [0.25, 0.3) is 0 Å². The number of nitrogens with zero attached hydrogens (tertiary/aromatic N) is 2. The number of ether oxygens (including phenoxy) is 1. The monoisotopic (exact) mass is 558 g/mol. The van der Waals surface area contributed by atoms with Crippen LogP contribution in [0.4, 0.5) is 13.2 Å². The van der Waals surface area contributed by atoms with Gasteiger partial charge in [-0.25, -0.2) is 21.6 Å². The lowest BCUT2D eigenvalue weighted by atomic mass is 10.1. The maximum Gasteiger partial charge on any atom is 0.243 e. The molecule has 1 aliphatic rings. The van der Waals surface area contributed by atoms with Crippen molar-refractivity contribution in [3.63, 3.8) is 0 Å². The Morgan fingerprint density at radius 2 is 1.50 bits per heavy atom. The molecule has 0 unspecified atom stereocenters. The number of hydrogen-bond acceptors (Lipinski definition) is 4. The molecule has 3 aromatic carbocycles. The van der Waals surface area contributed by atoms with Gasteiger partial charge in [-0.15, -0.1) is 0 Å². The number of benzene rings is 3. The molecule has 1 aliphatic heterocycles. The van der Waals surface area contributed by atoms with E-state index in [1.54, 1.807) is 24.3 Å². The van der Waals surface area contributed by atoms with Gasteiger partial charge in [0.05, 0.1) is 22.6 Å². The van der Waals surface area contributed by atoms with Crippen molar-refractivity contribution in [1.29, 1.82) is 0 Å². The van der Waals surface area contributed by atoms with E-state index in [0.29, 0.717) is 24.7 Å². The molecule has 0 bridgehead atoms. The fourth-order valence-electron chi connectivity index (χ4n) is 3.96. The fourth-order valence-corrected chi connectivity index (χ4v) is 5.78. The standard InChI is InChI=1S/C25H23Cl2F3N2O3S/c26-18-6-4-17(5-7-18)25(35-16-20-22(28)2-1-3-23(20)29)15-31-10-12-32(13-11-31)36(33,34)19-8-9-24(30)21(27)14-19/h1-9,14,25H,10-13,15-16H2/t25-/m0/s1. The first-order valence-corrected chi connectivity index (χ1v) is 13.3. The SMILES string of the molecule is O=S(=O)(c1ccc(F)c(Cl)c1)N1CCN(C[C@H](OCc2c(F)cccc2F)c2ccc(Cl)cc2)CC1. The summed E-state index contributed by atoms with van der Waals surface area (Å²) in [6, 6.07) is 13.9. The summed E-state index contributed by atoms with van der Waals surface area (Å²) in [5.41, 5.74) is 0.609. The predicted octanol–water partition coefficient (Wildman–Crippen LogP) is 5.68. The Hall–Kier alpha value is -2.14. The van der Waals surface area contributed by atoms with Crippen molar-refractivity contribution in [1.82, 2.24) is 9.21 Å². The third kappa shape index (κ3) is 6.22. The Bertz CT molecular complexity index is 1300. The van der Waals surface area contributed by atoms with Crippen LogP contribution in [-0.4, -0.2) is 50.3 Å². The van der Waals surface area contributed by atoms with Gasteiger partial charge in [-0.3, -0.25) is 4.90 Å². The van der Waals surface area contributed by atoms with Gasteiger partial charge < -0.3 is 4.74 Å². The molecule has 1 atom stereocenters. The van der Waals surface area contributed by atoms with Crippen molar-refractivity contribution in [2.75, 3.05) is 32.7 Å². The Morgan fingerprint density at radius 1 is 0.861 bits per heavy atom. The van der Waals surface area contributed by atoms with Gasteiger partial charge in [0.25, 0.3) is 0 Å². The van der Waals surface area contributed by atoms with Crippen LogP contribution in [0.5, 0.6) is 0 Å². The van der Waals surface area contributed by atoms with Crippen LogP contribution in [0.15, 0.2) is 65.6 Å². The van der Waals surface area contributed by atoms with Crippen LogP contribution >= 0.6 is 23.2 Å². The zero-order valence-electron chi connectivity index (χ0n) is 19.0. The molecule has 5 nitrogen and oxygen atoms in total. The van der Waals surface area contributed by atoms with E-state index in [1.807, 2.05) is 4.90 Å². The summed E-state index contributed by atoms with van der Waals surface area (Å²) >= 11 is 11.8. The first kappa shape index (κ1) is 26.9. The summed E-state index contributed by atoms with van der Waals surface area (Å²) in [5.74, 6) is -2.07. The minimum absolute atomic E-state index is 0.0726. The average molecular weight is 559 g/mol. The number of rotatable bonds is 8. The normalized spacial score (nSPS) is 16.2. The third-order valence-corrected chi connectivity index (χ3v) is 8.45. The Balaban J connectivity index is 1.44. The zero-order valence-corrected chi connectivity index (χ0v) is 21.3. The Labute approximate surface area is 218 Å². The van der Waals surface area contributed by atoms with Gasteiger partial charge in [0.1, 0.15) is 17.5 Å². The summed E-state index contributed by atoms with van der Waals surface area (Å²) in [5, 5.41) is 0.279. The van der Waals surface area contributed by atoms with E-state index in [9.17, 15) is 21.6 Å². The maximum absolute atomic E-state index is 14.1. The maximum atomic E-state index is 14.1. The van der Waals surface area contributed by atoms with E-state index >= 15 is 0 Å². The van der Waals surface area contributed by atoms with Gasteiger partial charge in [0.2, 0.25) is 10.0 Å². The molecule has 3 aromatic rings. The van der Waals surface area contributed by atoms with Gasteiger partial charge >= 0.3 is 0 Å². The molecule has 192 valence electrons. The molecule has 0 aliphatic carbocycles. The van der Waals surface area contributed by atoms with Gasteiger partial charge in [-0.1, -0.05) is 41.4 Å². The molecular formula is C25H23Cl2F3N2O3S. The number of sulfonamides is 1. The second kappa shape index (κ2) is 11.5. The molecule has 36 heavy (non-hydrogen) atoms. The van der Waals surface area contributed by atoms with E-state index in [1.165, 1.54) is 28.6 Å². The van der Waals surface area contributed by atoms with Gasteiger partial charge in [0.15, 0.2) is 0 Å². The Morgan fingerprint density at radius 3 is 2.11 bits per heavy atom. The predicted molar refractivity (Wildman–Crippen MR) is 132 cm³/mol. The van der Waals surface area contributed by atoms with Crippen LogP contribution in [0.3, 0.4) is 0 Å². The molecule has 0 amide bonds. The summed E-state index contributed by atoms with van der Waals surface area (Å²) in [4.78, 5) is 1.94. The molecular weight excluding hydrogens is 536 g/mol. The molecule has 0 N–H and O–H groups in total. The molecule has 1 fully saturated rings. The first-order chi connectivity index (χ1) is 17.1. The van der Waals surface area contributed by atoms with Crippen molar-refractivity contribution in [2.24, 2.45) is 0 Å². The minimum atomic E-state index is -3.84. The van der Waals surface area contributed by atoms with E-state index in [2.05, 4.69) is 0 Å². The molecule has 11 heteroatoms. The second-order valence-electron chi connectivity index (χ2n) is 8.33. The van der Waals surface area contributed by atoms with E-state index in [4.69, 9.17) is 27.9 Å². The van der Waals surface area contributed by atoms with Crippen LogP contribution in [0, 0.1) is 17.5 Å². The molecule has 1 saturated heterocycles. The summed E-state index contributed by atoms with van der Waals surface area (Å²) in [6.07, 6.45) is -0.541. The highest BCUT2D eigenvalue weighted by molar-refractivity contribution is 7.89. The minimum Gasteiger partial charge on any atom is -0.367 e. The molecule has 0 saturated carbocycles. The highest BCUT2D eigenvalue weighted by Crippen LogP contribution is 2.26. The molecule has 0 spiro atoms. The Kier molecular flexibility index (Phi) is 8.59. The topological polar surface area (TPSA) is 49.9 Å². The van der Waals surface area contributed by atoms with E-state index in [0.717, 1.165) is 17.7 Å². The summed E-state index contributed by atoms with van der Waals surface area (Å²) in [6.45, 7) is 1.30. The largest absolute Gasteiger partial charge is 0.367 e. The third-order valence-electron chi connectivity index (χ3n) is 6.02. The zero-order chi connectivity index (χ0) is 25.9.